The van der Waals surface area contributed by atoms with Crippen LogP contribution in [0.2, 0.25) is 0 Å². The number of rotatable bonds is 3. The average Bonchev–Trinajstić information content (AvgIpc) is 2.31. The standard InChI is InChI=1S/C16H26N2/c1-13-9-10-15(18-12-13)11-16(17)14-7-5-3-2-4-6-8-14/h9-10,12,14,16H,2-8,11,17H2,1H3. The molecule has 1 aromatic heterocycles. The third-order valence-corrected chi connectivity index (χ3v) is 4.17. The molecule has 1 aromatic rings. The summed E-state index contributed by atoms with van der Waals surface area (Å²) in [5, 5.41) is 0. The highest BCUT2D eigenvalue weighted by molar-refractivity contribution is 5.13. The van der Waals surface area contributed by atoms with Gasteiger partial charge in [0, 0.05) is 24.4 Å². The van der Waals surface area contributed by atoms with Crippen molar-refractivity contribution in [2.75, 3.05) is 0 Å². The van der Waals surface area contributed by atoms with Gasteiger partial charge in [0.05, 0.1) is 0 Å². The molecule has 0 radical (unpaired) electrons. The van der Waals surface area contributed by atoms with E-state index in [1.165, 1.54) is 50.5 Å². The van der Waals surface area contributed by atoms with Gasteiger partial charge in [0.15, 0.2) is 0 Å². The fraction of sp³-hybridized carbons (Fsp3) is 0.688. The van der Waals surface area contributed by atoms with Gasteiger partial charge in [-0.15, -0.1) is 0 Å². The van der Waals surface area contributed by atoms with Crippen molar-refractivity contribution in [1.29, 1.82) is 0 Å². The number of aromatic nitrogens is 1. The zero-order valence-corrected chi connectivity index (χ0v) is 11.6. The molecule has 0 spiro atoms. The van der Waals surface area contributed by atoms with Crippen molar-refractivity contribution in [1.82, 2.24) is 4.98 Å². The van der Waals surface area contributed by atoms with E-state index in [9.17, 15) is 0 Å². The maximum absolute atomic E-state index is 6.40. The zero-order chi connectivity index (χ0) is 12.8. The highest BCUT2D eigenvalue weighted by atomic mass is 14.7. The Morgan fingerprint density at radius 1 is 1.17 bits per heavy atom. The first-order valence-corrected chi connectivity index (χ1v) is 7.43. The van der Waals surface area contributed by atoms with Crippen molar-refractivity contribution >= 4 is 0 Å². The first-order valence-electron chi connectivity index (χ1n) is 7.43. The minimum atomic E-state index is 0.290. The van der Waals surface area contributed by atoms with Crippen molar-refractivity contribution in [3.8, 4) is 0 Å². The molecule has 100 valence electrons. The van der Waals surface area contributed by atoms with Crippen LogP contribution in [0.3, 0.4) is 0 Å². The van der Waals surface area contributed by atoms with Gasteiger partial charge in [0.25, 0.3) is 0 Å². The number of hydrogen-bond acceptors (Lipinski definition) is 2. The van der Waals surface area contributed by atoms with Crippen LogP contribution >= 0.6 is 0 Å². The lowest BCUT2D eigenvalue weighted by Crippen LogP contribution is -2.33. The number of aryl methyl sites for hydroxylation is 1. The SMILES string of the molecule is Cc1ccc(CC(N)C2CCCCCCC2)nc1. The first-order chi connectivity index (χ1) is 8.75. The Morgan fingerprint density at radius 3 is 2.44 bits per heavy atom. The molecule has 0 aliphatic heterocycles. The highest BCUT2D eigenvalue weighted by Crippen LogP contribution is 2.25. The van der Waals surface area contributed by atoms with Gasteiger partial charge >= 0.3 is 0 Å². The predicted molar refractivity (Wildman–Crippen MR) is 76.5 cm³/mol. The summed E-state index contributed by atoms with van der Waals surface area (Å²) in [6, 6.07) is 4.55. The first kappa shape index (κ1) is 13.5. The molecule has 1 atom stereocenters. The zero-order valence-electron chi connectivity index (χ0n) is 11.6. The summed E-state index contributed by atoms with van der Waals surface area (Å²) >= 11 is 0. The fourth-order valence-electron chi connectivity index (χ4n) is 2.94. The lowest BCUT2D eigenvalue weighted by atomic mass is 9.84. The minimum absolute atomic E-state index is 0.290. The predicted octanol–water partition coefficient (Wildman–Crippen LogP) is 3.62. The number of nitrogens with zero attached hydrogens (tertiary/aromatic N) is 1. The van der Waals surface area contributed by atoms with Gasteiger partial charge in [-0.05, 0) is 37.3 Å². The van der Waals surface area contributed by atoms with Crippen LogP contribution in [0.5, 0.6) is 0 Å². The molecule has 1 saturated carbocycles. The second-order valence-electron chi connectivity index (χ2n) is 5.80. The summed E-state index contributed by atoms with van der Waals surface area (Å²) in [5.74, 6) is 0.702. The quantitative estimate of drug-likeness (QED) is 0.884. The van der Waals surface area contributed by atoms with Crippen molar-refractivity contribution in [2.45, 2.75) is 64.3 Å². The molecule has 1 aliphatic rings. The third kappa shape index (κ3) is 4.09. The van der Waals surface area contributed by atoms with E-state index in [4.69, 9.17) is 5.73 Å². The monoisotopic (exact) mass is 246 g/mol. The molecule has 0 bridgehead atoms. The van der Waals surface area contributed by atoms with Crippen LogP contribution in [0.25, 0.3) is 0 Å². The Balaban J connectivity index is 1.89. The Labute approximate surface area is 111 Å². The maximum atomic E-state index is 6.40. The third-order valence-electron chi connectivity index (χ3n) is 4.17. The average molecular weight is 246 g/mol. The molecule has 18 heavy (non-hydrogen) atoms. The lowest BCUT2D eigenvalue weighted by Gasteiger charge is -2.25. The van der Waals surface area contributed by atoms with E-state index >= 15 is 0 Å². The van der Waals surface area contributed by atoms with E-state index < -0.39 is 0 Å². The van der Waals surface area contributed by atoms with E-state index in [1.54, 1.807) is 0 Å². The molecule has 1 fully saturated rings. The molecule has 0 saturated heterocycles. The van der Waals surface area contributed by atoms with E-state index in [-0.39, 0.29) is 0 Å². The lowest BCUT2D eigenvalue weighted by molar-refractivity contribution is 0.321. The highest BCUT2D eigenvalue weighted by Gasteiger charge is 2.19. The number of pyridine rings is 1. The van der Waals surface area contributed by atoms with E-state index in [2.05, 4.69) is 24.0 Å². The summed E-state index contributed by atoms with van der Waals surface area (Å²) < 4.78 is 0. The van der Waals surface area contributed by atoms with Crippen LogP contribution in [0.4, 0.5) is 0 Å². The summed E-state index contributed by atoms with van der Waals surface area (Å²) in [7, 11) is 0. The van der Waals surface area contributed by atoms with Gasteiger partial charge in [-0.1, -0.05) is 38.2 Å². The van der Waals surface area contributed by atoms with Crippen LogP contribution in [0.15, 0.2) is 18.3 Å². The van der Waals surface area contributed by atoms with Crippen LogP contribution in [-0.2, 0) is 6.42 Å². The largest absolute Gasteiger partial charge is 0.327 e. The van der Waals surface area contributed by atoms with Crippen molar-refractivity contribution < 1.29 is 0 Å². The Bertz CT molecular complexity index is 337. The van der Waals surface area contributed by atoms with Crippen LogP contribution in [0.1, 0.15) is 56.2 Å². The van der Waals surface area contributed by atoms with Gasteiger partial charge in [-0.3, -0.25) is 4.98 Å². The molecule has 1 unspecified atom stereocenters. The normalized spacial score (nSPS) is 20.1. The summed E-state index contributed by atoms with van der Waals surface area (Å²) in [5.41, 5.74) is 8.77. The fourth-order valence-corrected chi connectivity index (χ4v) is 2.94. The Morgan fingerprint density at radius 2 is 1.83 bits per heavy atom. The topological polar surface area (TPSA) is 38.9 Å². The molecular weight excluding hydrogens is 220 g/mol. The van der Waals surface area contributed by atoms with Crippen LogP contribution in [0, 0.1) is 12.8 Å². The van der Waals surface area contributed by atoms with Gasteiger partial charge < -0.3 is 5.73 Å². The Hall–Kier alpha value is -0.890. The molecule has 0 amide bonds. The minimum Gasteiger partial charge on any atom is -0.327 e. The van der Waals surface area contributed by atoms with Gasteiger partial charge in [0.1, 0.15) is 0 Å². The molecule has 2 heteroatoms. The number of hydrogen-bond donors (Lipinski definition) is 1. The summed E-state index contributed by atoms with van der Waals surface area (Å²) in [4.78, 5) is 4.48. The van der Waals surface area contributed by atoms with Gasteiger partial charge in [0.2, 0.25) is 0 Å². The molecule has 1 aliphatic carbocycles. The second-order valence-corrected chi connectivity index (χ2v) is 5.80. The maximum Gasteiger partial charge on any atom is 0.0419 e. The molecule has 0 aromatic carbocycles. The summed E-state index contributed by atoms with van der Waals surface area (Å²) in [6.45, 7) is 2.07. The van der Waals surface area contributed by atoms with Crippen molar-refractivity contribution in [3.05, 3.63) is 29.6 Å². The van der Waals surface area contributed by atoms with Crippen molar-refractivity contribution in [3.63, 3.8) is 0 Å². The van der Waals surface area contributed by atoms with E-state index in [1.807, 2.05) is 6.20 Å². The smallest absolute Gasteiger partial charge is 0.0419 e. The second kappa shape index (κ2) is 6.89. The van der Waals surface area contributed by atoms with Crippen molar-refractivity contribution in [2.24, 2.45) is 11.7 Å². The molecular formula is C16H26N2. The molecule has 2 N–H and O–H groups in total. The number of nitrogens with two attached hydrogens (primary N) is 1. The molecule has 2 rings (SSSR count). The van der Waals surface area contributed by atoms with E-state index in [0.29, 0.717) is 12.0 Å². The molecule has 1 heterocycles. The molecule has 2 nitrogen and oxygen atoms in total. The van der Waals surface area contributed by atoms with E-state index in [0.717, 1.165) is 12.1 Å². The summed E-state index contributed by atoms with van der Waals surface area (Å²) in [6.07, 6.45) is 12.4. The van der Waals surface area contributed by atoms with Gasteiger partial charge in [-0.25, -0.2) is 0 Å². The van der Waals surface area contributed by atoms with Gasteiger partial charge in [-0.2, -0.15) is 0 Å². The van der Waals surface area contributed by atoms with Crippen LogP contribution < -0.4 is 5.73 Å². The Kier molecular flexibility index (Phi) is 5.18. The van der Waals surface area contributed by atoms with Crippen LogP contribution in [-0.4, -0.2) is 11.0 Å².